The summed E-state index contributed by atoms with van der Waals surface area (Å²) in [5.74, 6) is 1.00. The first-order valence-electron chi connectivity index (χ1n) is 7.76. The number of hydrogen-bond acceptors (Lipinski definition) is 5. The van der Waals surface area contributed by atoms with Gasteiger partial charge in [-0.15, -0.1) is 10.2 Å². The normalized spacial score (nSPS) is 11.3. The Morgan fingerprint density at radius 3 is 2.54 bits per heavy atom. The molecule has 0 radical (unpaired) electrons. The number of benzene rings is 2. The van der Waals surface area contributed by atoms with Crippen molar-refractivity contribution >= 4 is 28.3 Å². The Hall–Kier alpha value is -2.93. The Bertz CT molecular complexity index is 1160. The summed E-state index contributed by atoms with van der Waals surface area (Å²) in [5.41, 5.74) is 2.42. The van der Waals surface area contributed by atoms with Crippen LogP contribution in [0.5, 0.6) is 11.5 Å². The van der Waals surface area contributed by atoms with Crippen LogP contribution < -0.4 is 9.47 Å². The largest absolute Gasteiger partial charge is 0.497 e. The molecule has 0 aliphatic carbocycles. The molecule has 0 saturated heterocycles. The Balaban J connectivity index is 2.15. The summed E-state index contributed by atoms with van der Waals surface area (Å²) < 4.78 is 26.7. The lowest BCUT2D eigenvalue weighted by Gasteiger charge is -2.09. The van der Waals surface area contributed by atoms with Crippen molar-refractivity contribution in [2.24, 2.45) is 0 Å². The van der Waals surface area contributed by atoms with E-state index in [0.717, 1.165) is 0 Å². The summed E-state index contributed by atoms with van der Waals surface area (Å²) in [7, 11) is 3.05. The summed E-state index contributed by atoms with van der Waals surface area (Å²) in [6, 6.07) is 8.22. The van der Waals surface area contributed by atoms with Gasteiger partial charge in [-0.05, 0) is 25.1 Å². The van der Waals surface area contributed by atoms with E-state index >= 15 is 0 Å². The van der Waals surface area contributed by atoms with E-state index in [1.807, 2.05) is 6.92 Å². The van der Waals surface area contributed by atoms with Crippen molar-refractivity contribution < 1.29 is 13.9 Å². The highest BCUT2D eigenvalue weighted by Gasteiger charge is 2.19. The van der Waals surface area contributed by atoms with Gasteiger partial charge in [0.15, 0.2) is 11.5 Å². The van der Waals surface area contributed by atoms with Crippen molar-refractivity contribution in [3.05, 3.63) is 46.9 Å². The summed E-state index contributed by atoms with van der Waals surface area (Å²) in [4.78, 5) is 4.59. The maximum absolute atomic E-state index is 14.4. The number of halogens is 2. The molecule has 0 N–H and O–H groups in total. The average Bonchev–Trinajstić information content (AvgIpc) is 2.99. The molecule has 6 nitrogen and oxygen atoms in total. The molecule has 0 unspecified atom stereocenters. The zero-order valence-electron chi connectivity index (χ0n) is 14.2. The molecule has 2 aromatic heterocycles. The van der Waals surface area contributed by atoms with Gasteiger partial charge in [-0.3, -0.25) is 4.40 Å². The first kappa shape index (κ1) is 16.5. The number of hydrogen-bond donors (Lipinski definition) is 0. The van der Waals surface area contributed by atoms with E-state index < -0.39 is 5.82 Å². The van der Waals surface area contributed by atoms with Gasteiger partial charge in [0, 0.05) is 17.7 Å². The maximum Gasteiger partial charge on any atom is 0.183 e. The first-order chi connectivity index (χ1) is 12.5. The standard InChI is InChI=1S/C18H14ClFN4O2/c1-9-17-23-22-16-14(20)7-11(26-3)8-15(16)24(17)18(21-9)12-6-10(25-2)4-5-13(12)19/h4-8H,1-3H3. The second-order valence-electron chi connectivity index (χ2n) is 5.70. The molecule has 2 heterocycles. The van der Waals surface area contributed by atoms with Gasteiger partial charge in [-0.1, -0.05) is 11.6 Å². The molecule has 132 valence electrons. The zero-order chi connectivity index (χ0) is 18.4. The zero-order valence-corrected chi connectivity index (χ0v) is 15.0. The average molecular weight is 373 g/mol. The lowest BCUT2D eigenvalue weighted by Crippen LogP contribution is -2.00. The second kappa shape index (κ2) is 6.10. The minimum Gasteiger partial charge on any atom is -0.497 e. The molecule has 0 aliphatic rings. The van der Waals surface area contributed by atoms with Gasteiger partial charge < -0.3 is 9.47 Å². The fraction of sp³-hybridized carbons (Fsp3) is 0.167. The van der Waals surface area contributed by atoms with Gasteiger partial charge in [0.2, 0.25) is 0 Å². The molecular formula is C18H14ClFN4O2. The van der Waals surface area contributed by atoms with Crippen molar-refractivity contribution in [3.8, 4) is 22.9 Å². The Kier molecular flexibility index (Phi) is 3.88. The Morgan fingerprint density at radius 2 is 1.81 bits per heavy atom. The highest BCUT2D eigenvalue weighted by atomic mass is 35.5. The van der Waals surface area contributed by atoms with Gasteiger partial charge in [0.05, 0.1) is 30.5 Å². The van der Waals surface area contributed by atoms with E-state index in [4.69, 9.17) is 21.1 Å². The number of fused-ring (bicyclic) bond motifs is 3. The van der Waals surface area contributed by atoms with Crippen LogP contribution >= 0.6 is 11.6 Å². The number of aromatic nitrogens is 4. The number of ether oxygens (including phenoxy) is 2. The third-order valence-electron chi connectivity index (χ3n) is 4.17. The Labute approximate surface area is 153 Å². The molecule has 0 bridgehead atoms. The summed E-state index contributed by atoms with van der Waals surface area (Å²) in [6.45, 7) is 1.81. The van der Waals surface area contributed by atoms with Crippen LogP contribution in [0.2, 0.25) is 5.02 Å². The summed E-state index contributed by atoms with van der Waals surface area (Å²) in [5, 5.41) is 8.64. The van der Waals surface area contributed by atoms with Crippen molar-refractivity contribution in [1.82, 2.24) is 19.6 Å². The van der Waals surface area contributed by atoms with Crippen LogP contribution in [-0.4, -0.2) is 33.8 Å². The third-order valence-corrected chi connectivity index (χ3v) is 4.50. The SMILES string of the molecule is COc1ccc(Cl)c(-c2nc(C)c3nnc4c(F)cc(OC)cc4n23)c1. The molecule has 0 amide bonds. The van der Waals surface area contributed by atoms with E-state index in [2.05, 4.69) is 15.2 Å². The van der Waals surface area contributed by atoms with Gasteiger partial charge in [-0.25, -0.2) is 9.37 Å². The van der Waals surface area contributed by atoms with Crippen molar-refractivity contribution in [3.63, 3.8) is 0 Å². The van der Waals surface area contributed by atoms with E-state index in [9.17, 15) is 4.39 Å². The lowest BCUT2D eigenvalue weighted by molar-refractivity contribution is 0.412. The van der Waals surface area contributed by atoms with Crippen molar-refractivity contribution in [1.29, 1.82) is 0 Å². The molecular weight excluding hydrogens is 359 g/mol. The Morgan fingerprint density at radius 1 is 1.04 bits per heavy atom. The monoisotopic (exact) mass is 372 g/mol. The predicted molar refractivity (Wildman–Crippen MR) is 96.5 cm³/mol. The number of rotatable bonds is 3. The van der Waals surface area contributed by atoms with E-state index in [1.54, 1.807) is 35.8 Å². The van der Waals surface area contributed by atoms with E-state index in [1.165, 1.54) is 13.2 Å². The fourth-order valence-corrected chi connectivity index (χ4v) is 3.10. The van der Waals surface area contributed by atoms with E-state index in [0.29, 0.717) is 44.8 Å². The van der Waals surface area contributed by atoms with Crippen LogP contribution in [0.3, 0.4) is 0 Å². The molecule has 2 aromatic carbocycles. The molecule has 4 aromatic rings. The van der Waals surface area contributed by atoms with Crippen LogP contribution in [0.25, 0.3) is 28.1 Å². The highest BCUT2D eigenvalue weighted by Crippen LogP contribution is 2.34. The molecule has 4 rings (SSSR count). The number of nitrogens with zero attached hydrogens (tertiary/aromatic N) is 4. The predicted octanol–water partition coefficient (Wildman–Crippen LogP) is 4.06. The topological polar surface area (TPSA) is 61.5 Å². The number of imidazole rings is 1. The van der Waals surface area contributed by atoms with Gasteiger partial charge in [-0.2, -0.15) is 0 Å². The third kappa shape index (κ3) is 2.43. The minimum atomic E-state index is -0.525. The molecule has 0 atom stereocenters. The quantitative estimate of drug-likeness (QED) is 0.542. The fourth-order valence-electron chi connectivity index (χ4n) is 2.89. The van der Waals surface area contributed by atoms with Gasteiger partial charge in [0.1, 0.15) is 22.8 Å². The van der Waals surface area contributed by atoms with Crippen LogP contribution in [0.1, 0.15) is 5.69 Å². The lowest BCUT2D eigenvalue weighted by atomic mass is 10.2. The molecule has 8 heteroatoms. The molecule has 26 heavy (non-hydrogen) atoms. The molecule has 0 fully saturated rings. The van der Waals surface area contributed by atoms with Crippen LogP contribution in [0, 0.1) is 12.7 Å². The smallest absolute Gasteiger partial charge is 0.183 e. The van der Waals surface area contributed by atoms with Crippen LogP contribution in [0.15, 0.2) is 30.3 Å². The van der Waals surface area contributed by atoms with Crippen molar-refractivity contribution in [2.45, 2.75) is 6.92 Å². The highest BCUT2D eigenvalue weighted by molar-refractivity contribution is 6.33. The molecule has 0 saturated carbocycles. The number of methoxy groups -OCH3 is 2. The van der Waals surface area contributed by atoms with Gasteiger partial charge in [0.25, 0.3) is 0 Å². The maximum atomic E-state index is 14.4. The molecule has 0 aliphatic heterocycles. The molecule has 0 spiro atoms. The van der Waals surface area contributed by atoms with Gasteiger partial charge >= 0.3 is 0 Å². The van der Waals surface area contributed by atoms with Crippen LogP contribution in [0.4, 0.5) is 4.39 Å². The first-order valence-corrected chi connectivity index (χ1v) is 8.14. The second-order valence-corrected chi connectivity index (χ2v) is 6.11. The van der Waals surface area contributed by atoms with Crippen molar-refractivity contribution in [2.75, 3.05) is 14.2 Å². The summed E-state index contributed by atoms with van der Waals surface area (Å²) >= 11 is 6.39. The summed E-state index contributed by atoms with van der Waals surface area (Å²) in [6.07, 6.45) is 0. The van der Waals surface area contributed by atoms with Crippen LogP contribution in [-0.2, 0) is 0 Å². The minimum absolute atomic E-state index is 0.121. The number of aryl methyl sites for hydroxylation is 1. The van der Waals surface area contributed by atoms with E-state index in [-0.39, 0.29) is 5.52 Å².